The average Bonchev–Trinajstić information content (AvgIpc) is 3.35. The molecule has 1 aliphatic rings. The van der Waals surface area contributed by atoms with Crippen LogP contribution < -0.4 is 15.2 Å². The lowest BCUT2D eigenvalue weighted by Gasteiger charge is -2.15. The maximum absolute atomic E-state index is 12.6. The molecule has 1 aliphatic heterocycles. The van der Waals surface area contributed by atoms with Crippen molar-refractivity contribution in [2.24, 2.45) is 5.73 Å². The number of aromatic amines is 1. The first-order valence-corrected chi connectivity index (χ1v) is 10.2. The van der Waals surface area contributed by atoms with Crippen molar-refractivity contribution in [1.82, 2.24) is 14.8 Å². The summed E-state index contributed by atoms with van der Waals surface area (Å²) in [6.07, 6.45) is 3.52. The summed E-state index contributed by atoms with van der Waals surface area (Å²) in [4.78, 5) is 19.3. The van der Waals surface area contributed by atoms with Crippen molar-refractivity contribution in [2.45, 2.75) is 39.2 Å². The van der Waals surface area contributed by atoms with Crippen LogP contribution in [0.1, 0.15) is 43.6 Å². The SMILES string of the molecule is CC(C)Oc1ccc(OCCCN2CCCC2)c2[nH]c(C(=O)N(C)C(=N)N)cc12. The van der Waals surface area contributed by atoms with Gasteiger partial charge in [-0.2, -0.15) is 0 Å². The summed E-state index contributed by atoms with van der Waals surface area (Å²) in [5.74, 6) is 0.664. The van der Waals surface area contributed by atoms with E-state index in [2.05, 4.69) is 9.88 Å². The first-order chi connectivity index (χ1) is 13.9. The topological polar surface area (TPSA) is 108 Å². The predicted octanol–water partition coefficient (Wildman–Crippen LogP) is 2.79. The number of carbonyl (C=O) groups is 1. The summed E-state index contributed by atoms with van der Waals surface area (Å²) < 4.78 is 11.9. The molecular formula is C21H31N5O3. The number of fused-ring (bicyclic) bond motifs is 1. The zero-order valence-corrected chi connectivity index (χ0v) is 17.5. The molecule has 1 amide bonds. The number of nitrogens with zero attached hydrogens (tertiary/aromatic N) is 2. The summed E-state index contributed by atoms with van der Waals surface area (Å²) >= 11 is 0. The van der Waals surface area contributed by atoms with E-state index in [1.54, 1.807) is 6.07 Å². The number of guanidine groups is 1. The third-order valence-electron chi connectivity index (χ3n) is 5.05. The van der Waals surface area contributed by atoms with Gasteiger partial charge in [-0.25, -0.2) is 0 Å². The molecule has 0 saturated carbocycles. The molecule has 4 N–H and O–H groups in total. The minimum absolute atomic E-state index is 0.000579. The first-order valence-electron chi connectivity index (χ1n) is 10.2. The number of benzene rings is 1. The number of carbonyl (C=O) groups excluding carboxylic acids is 1. The molecule has 2 heterocycles. The van der Waals surface area contributed by atoms with Crippen molar-refractivity contribution in [3.05, 3.63) is 23.9 Å². The van der Waals surface area contributed by atoms with Crippen LogP contribution in [0.3, 0.4) is 0 Å². The van der Waals surface area contributed by atoms with Crippen LogP contribution in [0, 0.1) is 5.41 Å². The Morgan fingerprint density at radius 1 is 1.31 bits per heavy atom. The van der Waals surface area contributed by atoms with Crippen LogP contribution in [0.25, 0.3) is 10.9 Å². The van der Waals surface area contributed by atoms with Gasteiger partial charge in [0.1, 0.15) is 17.2 Å². The number of likely N-dealkylation sites (tertiary alicyclic amines) is 1. The summed E-state index contributed by atoms with van der Waals surface area (Å²) in [7, 11) is 1.47. The summed E-state index contributed by atoms with van der Waals surface area (Å²) in [6, 6.07) is 5.47. The van der Waals surface area contributed by atoms with Gasteiger partial charge in [-0.05, 0) is 64.4 Å². The van der Waals surface area contributed by atoms with E-state index in [-0.39, 0.29) is 18.0 Å². The van der Waals surface area contributed by atoms with Gasteiger partial charge in [-0.15, -0.1) is 0 Å². The van der Waals surface area contributed by atoms with E-state index in [1.807, 2.05) is 26.0 Å². The van der Waals surface area contributed by atoms with Crippen LogP contribution >= 0.6 is 0 Å². The number of H-pyrrole nitrogens is 1. The normalized spacial score (nSPS) is 14.5. The molecule has 1 aromatic heterocycles. The van der Waals surface area contributed by atoms with E-state index in [0.717, 1.165) is 23.3 Å². The molecule has 0 radical (unpaired) electrons. The van der Waals surface area contributed by atoms with Crippen molar-refractivity contribution in [3.8, 4) is 11.5 Å². The molecule has 1 aromatic carbocycles. The fourth-order valence-corrected chi connectivity index (χ4v) is 3.53. The fraction of sp³-hybridized carbons (Fsp3) is 0.524. The highest BCUT2D eigenvalue weighted by Crippen LogP contribution is 2.34. The third-order valence-corrected chi connectivity index (χ3v) is 5.05. The van der Waals surface area contributed by atoms with E-state index in [0.29, 0.717) is 29.3 Å². The van der Waals surface area contributed by atoms with E-state index >= 15 is 0 Å². The molecule has 0 aliphatic carbocycles. The molecule has 0 unspecified atom stereocenters. The Morgan fingerprint density at radius 3 is 2.66 bits per heavy atom. The monoisotopic (exact) mass is 401 g/mol. The van der Waals surface area contributed by atoms with E-state index < -0.39 is 0 Å². The average molecular weight is 402 g/mol. The van der Waals surface area contributed by atoms with Gasteiger partial charge in [-0.3, -0.25) is 15.1 Å². The standard InChI is InChI=1S/C21H31N5O3/c1-14(2)29-17-7-8-18(28-12-6-11-26-9-4-5-10-26)19-15(17)13-16(24-19)20(27)25(3)21(22)23/h7-8,13-14,24H,4-6,9-12H2,1-3H3,(H3,22,23). The molecule has 0 spiro atoms. The predicted molar refractivity (Wildman–Crippen MR) is 114 cm³/mol. The number of aromatic nitrogens is 1. The maximum atomic E-state index is 12.6. The fourth-order valence-electron chi connectivity index (χ4n) is 3.53. The zero-order valence-electron chi connectivity index (χ0n) is 17.5. The van der Waals surface area contributed by atoms with Gasteiger partial charge < -0.3 is 25.1 Å². The molecular weight excluding hydrogens is 370 g/mol. The Hall–Kier alpha value is -2.74. The highest BCUT2D eigenvalue weighted by atomic mass is 16.5. The lowest BCUT2D eigenvalue weighted by atomic mass is 10.2. The quantitative estimate of drug-likeness (QED) is 0.358. The Morgan fingerprint density at radius 2 is 2.00 bits per heavy atom. The molecule has 8 heteroatoms. The summed E-state index contributed by atoms with van der Waals surface area (Å²) in [6.45, 7) is 7.91. The second-order valence-corrected chi connectivity index (χ2v) is 7.70. The van der Waals surface area contributed by atoms with Gasteiger partial charge in [0.15, 0.2) is 5.96 Å². The van der Waals surface area contributed by atoms with Crippen LogP contribution in [0.4, 0.5) is 0 Å². The van der Waals surface area contributed by atoms with Gasteiger partial charge >= 0.3 is 0 Å². The number of hydrogen-bond acceptors (Lipinski definition) is 5. The highest BCUT2D eigenvalue weighted by molar-refractivity contribution is 6.07. The van der Waals surface area contributed by atoms with Crippen LogP contribution in [0.15, 0.2) is 18.2 Å². The van der Waals surface area contributed by atoms with Gasteiger partial charge in [0.2, 0.25) is 0 Å². The lowest BCUT2D eigenvalue weighted by molar-refractivity contribution is 0.0864. The maximum Gasteiger partial charge on any atom is 0.276 e. The van der Waals surface area contributed by atoms with Crippen LogP contribution in [-0.4, -0.2) is 66.0 Å². The molecule has 158 valence electrons. The molecule has 0 bridgehead atoms. The third kappa shape index (κ3) is 5.00. The Kier molecular flexibility index (Phi) is 6.64. The van der Waals surface area contributed by atoms with E-state index in [1.165, 1.54) is 33.0 Å². The van der Waals surface area contributed by atoms with Crippen molar-refractivity contribution in [2.75, 3.05) is 33.3 Å². The second kappa shape index (κ2) is 9.17. The minimum Gasteiger partial charge on any atom is -0.491 e. The largest absolute Gasteiger partial charge is 0.491 e. The molecule has 3 rings (SSSR count). The first kappa shape index (κ1) is 21.0. The van der Waals surface area contributed by atoms with Crippen molar-refractivity contribution >= 4 is 22.8 Å². The zero-order chi connectivity index (χ0) is 21.0. The summed E-state index contributed by atoms with van der Waals surface area (Å²) in [5.41, 5.74) is 6.49. The Labute approximate surface area is 171 Å². The van der Waals surface area contributed by atoms with E-state index in [9.17, 15) is 4.79 Å². The van der Waals surface area contributed by atoms with E-state index in [4.69, 9.17) is 20.6 Å². The molecule has 2 aromatic rings. The number of hydrogen-bond donors (Lipinski definition) is 3. The summed E-state index contributed by atoms with van der Waals surface area (Å²) in [5, 5.41) is 8.26. The lowest BCUT2D eigenvalue weighted by Crippen LogP contribution is -2.38. The van der Waals surface area contributed by atoms with Crippen molar-refractivity contribution < 1.29 is 14.3 Å². The number of amides is 1. The van der Waals surface area contributed by atoms with Crippen molar-refractivity contribution in [1.29, 1.82) is 5.41 Å². The Balaban J connectivity index is 1.81. The van der Waals surface area contributed by atoms with Gasteiger partial charge in [-0.1, -0.05) is 0 Å². The number of rotatable bonds is 8. The molecule has 1 fully saturated rings. The van der Waals surface area contributed by atoms with Crippen LogP contribution in [0.5, 0.6) is 11.5 Å². The Bertz CT molecular complexity index is 871. The van der Waals surface area contributed by atoms with Crippen LogP contribution in [0.2, 0.25) is 0 Å². The highest BCUT2D eigenvalue weighted by Gasteiger charge is 2.20. The second-order valence-electron chi connectivity index (χ2n) is 7.70. The molecule has 0 atom stereocenters. The van der Waals surface area contributed by atoms with Crippen molar-refractivity contribution in [3.63, 3.8) is 0 Å². The minimum atomic E-state index is -0.385. The van der Waals surface area contributed by atoms with Gasteiger partial charge in [0.05, 0.1) is 18.2 Å². The number of nitrogens with one attached hydrogen (secondary N) is 2. The molecule has 1 saturated heterocycles. The molecule has 29 heavy (non-hydrogen) atoms. The smallest absolute Gasteiger partial charge is 0.276 e. The van der Waals surface area contributed by atoms with Gasteiger partial charge in [0.25, 0.3) is 5.91 Å². The van der Waals surface area contributed by atoms with Gasteiger partial charge in [0, 0.05) is 19.0 Å². The number of nitrogens with two attached hydrogens (primary N) is 1. The molecule has 8 nitrogen and oxygen atoms in total. The van der Waals surface area contributed by atoms with Crippen LogP contribution in [-0.2, 0) is 0 Å². The number of ether oxygens (including phenoxy) is 2.